The molecule has 28 heavy (non-hydrogen) atoms. The van der Waals surface area contributed by atoms with Gasteiger partial charge in [0.05, 0.1) is 10.6 Å². The first-order chi connectivity index (χ1) is 13.7. The van der Waals surface area contributed by atoms with Gasteiger partial charge in [-0.25, -0.2) is 0 Å². The van der Waals surface area contributed by atoms with Crippen molar-refractivity contribution in [1.29, 1.82) is 0 Å². The fraction of sp³-hybridized carbons (Fsp3) is 0.286. The lowest BCUT2D eigenvalue weighted by atomic mass is 10.1. The Morgan fingerprint density at radius 1 is 1.11 bits per heavy atom. The zero-order valence-electron chi connectivity index (χ0n) is 15.5. The molecule has 0 fully saturated rings. The summed E-state index contributed by atoms with van der Waals surface area (Å²) in [4.78, 5) is 27.3. The lowest BCUT2D eigenvalue weighted by molar-refractivity contribution is -0.116. The molecule has 7 heteroatoms. The van der Waals surface area contributed by atoms with E-state index in [1.165, 1.54) is 16.9 Å². The first-order valence-corrected chi connectivity index (χ1v) is 10.3. The number of thiophene rings is 1. The van der Waals surface area contributed by atoms with Gasteiger partial charge >= 0.3 is 0 Å². The number of anilines is 1. The number of fused-ring (bicyclic) bond motifs is 1. The van der Waals surface area contributed by atoms with E-state index in [2.05, 4.69) is 44.7 Å². The topological polar surface area (TPSA) is 78.1 Å². The predicted octanol–water partition coefficient (Wildman–Crippen LogP) is 3.63. The van der Waals surface area contributed by atoms with Crippen LogP contribution in [-0.2, 0) is 24.3 Å². The number of hydrogen-bond acceptors (Lipinski definition) is 5. The minimum absolute atomic E-state index is 0.00416. The smallest absolute Gasteiger partial charge is 0.226 e. The molecule has 0 spiro atoms. The number of aromatic amines is 1. The van der Waals surface area contributed by atoms with Crippen molar-refractivity contribution in [3.63, 3.8) is 0 Å². The van der Waals surface area contributed by atoms with Gasteiger partial charge in [-0.2, -0.15) is 5.10 Å². The van der Waals surface area contributed by atoms with Crippen molar-refractivity contribution >= 4 is 28.8 Å². The van der Waals surface area contributed by atoms with Crippen molar-refractivity contribution in [3.8, 4) is 0 Å². The van der Waals surface area contributed by atoms with Crippen LogP contribution in [0.2, 0.25) is 0 Å². The third-order valence-corrected chi connectivity index (χ3v) is 5.82. The Morgan fingerprint density at radius 2 is 1.96 bits per heavy atom. The number of aromatic nitrogens is 2. The van der Waals surface area contributed by atoms with Crippen molar-refractivity contribution in [2.45, 2.75) is 32.4 Å². The number of rotatable bonds is 8. The van der Waals surface area contributed by atoms with Crippen LogP contribution >= 0.6 is 11.3 Å². The van der Waals surface area contributed by atoms with Crippen LogP contribution in [-0.4, -0.2) is 33.3 Å². The molecule has 1 aromatic carbocycles. The SMILES string of the molecule is O=C(CCC(=O)c1cccs1)Nc1n[nH]c2c1CN(CCc1ccccc1)C2. The molecule has 0 saturated carbocycles. The minimum Gasteiger partial charge on any atom is -0.309 e. The number of nitrogens with one attached hydrogen (secondary N) is 2. The molecular formula is C21H22N4O2S. The molecule has 4 rings (SSSR count). The fourth-order valence-corrected chi connectivity index (χ4v) is 4.08. The van der Waals surface area contributed by atoms with E-state index < -0.39 is 0 Å². The van der Waals surface area contributed by atoms with Crippen LogP contribution in [0.5, 0.6) is 0 Å². The highest BCUT2D eigenvalue weighted by Crippen LogP contribution is 2.27. The summed E-state index contributed by atoms with van der Waals surface area (Å²) >= 11 is 1.40. The van der Waals surface area contributed by atoms with E-state index in [1.54, 1.807) is 6.07 Å². The largest absolute Gasteiger partial charge is 0.309 e. The maximum absolute atomic E-state index is 12.2. The maximum Gasteiger partial charge on any atom is 0.226 e. The zero-order chi connectivity index (χ0) is 19.3. The molecule has 0 unspecified atom stereocenters. The maximum atomic E-state index is 12.2. The fourth-order valence-electron chi connectivity index (χ4n) is 3.38. The van der Waals surface area contributed by atoms with E-state index in [9.17, 15) is 9.59 Å². The summed E-state index contributed by atoms with van der Waals surface area (Å²) in [6, 6.07) is 14.0. The van der Waals surface area contributed by atoms with E-state index in [0.717, 1.165) is 37.3 Å². The van der Waals surface area contributed by atoms with Gasteiger partial charge in [-0.05, 0) is 23.4 Å². The molecule has 0 saturated heterocycles. The average Bonchev–Trinajstić information content (AvgIpc) is 3.44. The lowest BCUT2D eigenvalue weighted by Gasteiger charge is -2.15. The zero-order valence-corrected chi connectivity index (χ0v) is 16.3. The molecule has 2 aromatic heterocycles. The molecule has 1 aliphatic rings. The van der Waals surface area contributed by atoms with Crippen molar-refractivity contribution in [1.82, 2.24) is 15.1 Å². The van der Waals surface area contributed by atoms with Crippen LogP contribution in [0.15, 0.2) is 47.8 Å². The molecule has 1 aliphatic heterocycles. The Bertz CT molecular complexity index is 950. The summed E-state index contributed by atoms with van der Waals surface area (Å²) in [5.74, 6) is 0.414. The highest BCUT2D eigenvalue weighted by atomic mass is 32.1. The molecular weight excluding hydrogens is 372 g/mol. The molecule has 0 radical (unpaired) electrons. The summed E-state index contributed by atoms with van der Waals surface area (Å²) < 4.78 is 0. The van der Waals surface area contributed by atoms with Crippen molar-refractivity contribution < 1.29 is 9.59 Å². The van der Waals surface area contributed by atoms with Crippen molar-refractivity contribution in [3.05, 3.63) is 69.5 Å². The van der Waals surface area contributed by atoms with Crippen LogP contribution in [0.3, 0.4) is 0 Å². The Balaban J connectivity index is 1.27. The normalized spacial score (nSPS) is 13.4. The summed E-state index contributed by atoms with van der Waals surface area (Å²) in [5, 5.41) is 12.0. The van der Waals surface area contributed by atoms with Gasteiger partial charge in [0.2, 0.25) is 5.91 Å². The number of ketones is 1. The van der Waals surface area contributed by atoms with E-state index in [0.29, 0.717) is 10.7 Å². The average molecular weight is 395 g/mol. The Morgan fingerprint density at radius 3 is 2.75 bits per heavy atom. The predicted molar refractivity (Wildman–Crippen MR) is 109 cm³/mol. The molecule has 0 atom stereocenters. The number of carbonyl (C=O) groups is 2. The summed E-state index contributed by atoms with van der Waals surface area (Å²) in [6.07, 6.45) is 1.36. The van der Waals surface area contributed by atoms with Crippen LogP contribution in [0.1, 0.15) is 39.3 Å². The minimum atomic E-state index is -0.179. The molecule has 1 amide bonds. The van der Waals surface area contributed by atoms with Crippen LogP contribution in [0, 0.1) is 0 Å². The molecule has 0 aliphatic carbocycles. The Labute approximate surface area is 167 Å². The second kappa shape index (κ2) is 8.50. The van der Waals surface area contributed by atoms with Crippen LogP contribution < -0.4 is 5.32 Å². The third kappa shape index (κ3) is 4.37. The molecule has 0 bridgehead atoms. The van der Waals surface area contributed by atoms with Gasteiger partial charge in [-0.3, -0.25) is 19.6 Å². The van der Waals surface area contributed by atoms with Gasteiger partial charge < -0.3 is 5.32 Å². The highest BCUT2D eigenvalue weighted by Gasteiger charge is 2.25. The van der Waals surface area contributed by atoms with Gasteiger partial charge in [0.25, 0.3) is 0 Å². The molecule has 6 nitrogen and oxygen atoms in total. The van der Waals surface area contributed by atoms with Crippen LogP contribution in [0.4, 0.5) is 5.82 Å². The van der Waals surface area contributed by atoms with Gasteiger partial charge in [0, 0.05) is 38.0 Å². The van der Waals surface area contributed by atoms with Gasteiger partial charge in [0.15, 0.2) is 11.6 Å². The second-order valence-electron chi connectivity index (χ2n) is 6.92. The number of Topliss-reactive ketones (excluding diaryl/α,β-unsaturated/α-hetero) is 1. The summed E-state index contributed by atoms with van der Waals surface area (Å²) in [6.45, 7) is 2.53. The molecule has 3 aromatic rings. The number of nitrogens with zero attached hydrogens (tertiary/aromatic N) is 2. The standard InChI is InChI=1S/C21H22N4O2S/c26-18(19-7-4-12-28-19)8-9-20(27)22-21-16-13-25(14-17(16)23-24-21)11-10-15-5-2-1-3-6-15/h1-7,12H,8-11,13-14H2,(H2,22,23,24,27). The number of H-pyrrole nitrogens is 1. The van der Waals surface area contributed by atoms with Gasteiger partial charge in [0.1, 0.15) is 0 Å². The Kier molecular flexibility index (Phi) is 5.64. The van der Waals surface area contributed by atoms with Gasteiger partial charge in [-0.1, -0.05) is 36.4 Å². The summed E-state index contributed by atoms with van der Waals surface area (Å²) in [7, 11) is 0. The Hall–Kier alpha value is -2.77. The number of amides is 1. The van der Waals surface area contributed by atoms with Crippen LogP contribution in [0.25, 0.3) is 0 Å². The van der Waals surface area contributed by atoms with Crippen molar-refractivity contribution in [2.24, 2.45) is 0 Å². The lowest BCUT2D eigenvalue weighted by Crippen LogP contribution is -2.21. The van der Waals surface area contributed by atoms with Gasteiger partial charge in [-0.15, -0.1) is 11.3 Å². The highest BCUT2D eigenvalue weighted by molar-refractivity contribution is 7.12. The monoisotopic (exact) mass is 394 g/mol. The quantitative estimate of drug-likeness (QED) is 0.572. The van der Waals surface area contributed by atoms with E-state index in [1.807, 2.05) is 17.5 Å². The second-order valence-corrected chi connectivity index (χ2v) is 7.87. The summed E-state index contributed by atoms with van der Waals surface area (Å²) in [5.41, 5.74) is 3.42. The number of carbonyl (C=O) groups excluding carboxylic acids is 2. The molecule has 2 N–H and O–H groups in total. The number of benzene rings is 1. The first-order valence-electron chi connectivity index (χ1n) is 9.38. The van der Waals surface area contributed by atoms with E-state index >= 15 is 0 Å². The third-order valence-electron chi connectivity index (χ3n) is 4.91. The first kappa shape index (κ1) is 18.6. The molecule has 144 valence electrons. The van der Waals surface area contributed by atoms with E-state index in [4.69, 9.17) is 0 Å². The number of hydrogen-bond donors (Lipinski definition) is 2. The molecule has 3 heterocycles. The van der Waals surface area contributed by atoms with E-state index in [-0.39, 0.29) is 24.5 Å². The van der Waals surface area contributed by atoms with Crippen molar-refractivity contribution in [2.75, 3.05) is 11.9 Å².